The summed E-state index contributed by atoms with van der Waals surface area (Å²) in [5, 5.41) is 3.39. The molecule has 1 unspecified atom stereocenters. The molecule has 1 aliphatic heterocycles. The predicted octanol–water partition coefficient (Wildman–Crippen LogP) is 3.59. The van der Waals surface area contributed by atoms with Crippen molar-refractivity contribution in [3.63, 3.8) is 0 Å². The zero-order chi connectivity index (χ0) is 17.7. The van der Waals surface area contributed by atoms with Gasteiger partial charge in [-0.25, -0.2) is 0 Å². The Labute approximate surface area is 156 Å². The molecule has 0 spiro atoms. The maximum absolute atomic E-state index is 12.2. The minimum Gasteiger partial charge on any atom is -0.484 e. The van der Waals surface area contributed by atoms with Crippen molar-refractivity contribution in [2.45, 2.75) is 18.8 Å². The van der Waals surface area contributed by atoms with Crippen LogP contribution in [-0.4, -0.2) is 42.3 Å². The predicted molar refractivity (Wildman–Crippen MR) is 95.5 cm³/mol. The van der Waals surface area contributed by atoms with Crippen LogP contribution in [0.1, 0.15) is 17.2 Å². The van der Waals surface area contributed by atoms with Gasteiger partial charge in [0.15, 0.2) is 6.61 Å². The van der Waals surface area contributed by atoms with Gasteiger partial charge >= 0.3 is 6.18 Å². The van der Waals surface area contributed by atoms with Crippen LogP contribution in [0.5, 0.6) is 5.75 Å². The van der Waals surface area contributed by atoms with E-state index in [-0.39, 0.29) is 24.2 Å². The second-order valence-electron chi connectivity index (χ2n) is 6.02. The molecule has 1 aromatic carbocycles. The Morgan fingerprint density at radius 3 is 2.62 bits per heavy atom. The summed E-state index contributed by atoms with van der Waals surface area (Å²) < 4.78 is 41.3. The average molecular weight is 388 g/mol. The van der Waals surface area contributed by atoms with Crippen LogP contribution in [0.25, 0.3) is 0 Å². The van der Waals surface area contributed by atoms with Gasteiger partial charge in [-0.3, -0.25) is 9.88 Å². The largest absolute Gasteiger partial charge is 0.484 e. The molecule has 2 aromatic rings. The van der Waals surface area contributed by atoms with E-state index in [1.165, 1.54) is 0 Å². The molecule has 0 radical (unpaired) electrons. The lowest BCUT2D eigenvalue weighted by atomic mass is 10.0. The first-order valence-corrected chi connectivity index (χ1v) is 8.14. The van der Waals surface area contributed by atoms with Gasteiger partial charge in [-0.15, -0.1) is 12.4 Å². The number of piperazine rings is 1. The van der Waals surface area contributed by atoms with Gasteiger partial charge in [-0.2, -0.15) is 13.2 Å². The first-order chi connectivity index (χ1) is 12.0. The fraction of sp³-hybridized carbons (Fsp3) is 0.389. The van der Waals surface area contributed by atoms with Crippen molar-refractivity contribution >= 4 is 12.4 Å². The zero-order valence-electron chi connectivity index (χ0n) is 14.1. The van der Waals surface area contributed by atoms with E-state index < -0.39 is 12.8 Å². The summed E-state index contributed by atoms with van der Waals surface area (Å²) in [5.41, 5.74) is 2.19. The lowest BCUT2D eigenvalue weighted by Gasteiger charge is -2.36. The van der Waals surface area contributed by atoms with Crippen LogP contribution in [0, 0.1) is 0 Å². The molecule has 26 heavy (non-hydrogen) atoms. The fourth-order valence-corrected chi connectivity index (χ4v) is 2.93. The van der Waals surface area contributed by atoms with E-state index in [4.69, 9.17) is 4.74 Å². The van der Waals surface area contributed by atoms with Gasteiger partial charge in [0.25, 0.3) is 0 Å². The number of rotatable bonds is 5. The molecule has 2 heterocycles. The van der Waals surface area contributed by atoms with E-state index in [0.717, 1.165) is 37.3 Å². The summed E-state index contributed by atoms with van der Waals surface area (Å²) >= 11 is 0. The Kier molecular flexibility index (Phi) is 7.25. The van der Waals surface area contributed by atoms with Crippen molar-refractivity contribution in [1.82, 2.24) is 15.2 Å². The molecule has 0 amide bonds. The van der Waals surface area contributed by atoms with E-state index in [0.29, 0.717) is 0 Å². The Balaban J connectivity index is 0.00000243. The summed E-state index contributed by atoms with van der Waals surface area (Å²) in [6.07, 6.45) is -0.696. The third kappa shape index (κ3) is 5.86. The number of pyridine rings is 1. The van der Waals surface area contributed by atoms with Crippen molar-refractivity contribution in [1.29, 1.82) is 0 Å². The minimum atomic E-state index is -4.32. The highest BCUT2D eigenvalue weighted by molar-refractivity contribution is 5.85. The third-order valence-corrected chi connectivity index (χ3v) is 4.13. The molecule has 1 atom stereocenters. The molecule has 0 aliphatic carbocycles. The minimum absolute atomic E-state index is 0. The molecule has 142 valence electrons. The molecule has 1 aliphatic rings. The molecular formula is C18H21ClF3N3O. The van der Waals surface area contributed by atoms with Gasteiger partial charge in [0.1, 0.15) is 5.75 Å². The van der Waals surface area contributed by atoms with Gasteiger partial charge in [0.2, 0.25) is 0 Å². The Morgan fingerprint density at radius 2 is 1.96 bits per heavy atom. The molecule has 0 bridgehead atoms. The molecule has 4 nitrogen and oxygen atoms in total. The van der Waals surface area contributed by atoms with E-state index >= 15 is 0 Å². The highest BCUT2D eigenvalue weighted by atomic mass is 35.5. The van der Waals surface area contributed by atoms with Crippen molar-refractivity contribution < 1.29 is 17.9 Å². The quantitative estimate of drug-likeness (QED) is 0.850. The van der Waals surface area contributed by atoms with Gasteiger partial charge in [-0.05, 0) is 29.3 Å². The van der Waals surface area contributed by atoms with Crippen LogP contribution in [0.3, 0.4) is 0 Å². The first-order valence-electron chi connectivity index (χ1n) is 8.14. The number of hydrogen-bond donors (Lipinski definition) is 1. The van der Waals surface area contributed by atoms with E-state index in [1.54, 1.807) is 18.3 Å². The molecule has 1 fully saturated rings. The average Bonchev–Trinajstić information content (AvgIpc) is 2.62. The first kappa shape index (κ1) is 20.5. The normalized spacial score (nSPS) is 18.2. The van der Waals surface area contributed by atoms with E-state index in [2.05, 4.69) is 21.3 Å². The smallest absolute Gasteiger partial charge is 0.422 e. The Bertz CT molecular complexity index is 668. The van der Waals surface area contributed by atoms with Crippen molar-refractivity contribution in [3.05, 3.63) is 59.9 Å². The molecule has 3 rings (SSSR count). The van der Waals surface area contributed by atoms with Crippen molar-refractivity contribution in [2.75, 3.05) is 26.2 Å². The Morgan fingerprint density at radius 1 is 1.19 bits per heavy atom. The van der Waals surface area contributed by atoms with Gasteiger partial charge < -0.3 is 10.1 Å². The monoisotopic (exact) mass is 387 g/mol. The van der Waals surface area contributed by atoms with Crippen molar-refractivity contribution in [3.8, 4) is 5.75 Å². The second-order valence-corrected chi connectivity index (χ2v) is 6.02. The Hall–Kier alpha value is -1.83. The summed E-state index contributed by atoms with van der Waals surface area (Å²) in [6, 6.07) is 11.0. The standard InChI is InChI=1S/C18H20F3N3O.ClH/c19-18(20,21)13-25-16-5-3-14(4-6-16)12-24-9-8-23-11-17(24)15-2-1-7-22-10-15;/h1-7,10,17,23H,8-9,11-13H2;1H. The number of ether oxygens (including phenoxy) is 1. The summed E-state index contributed by atoms with van der Waals surface area (Å²) in [5.74, 6) is 0.227. The van der Waals surface area contributed by atoms with Crippen molar-refractivity contribution in [2.24, 2.45) is 0 Å². The SMILES string of the molecule is Cl.FC(F)(F)COc1ccc(CN2CCNCC2c2cccnc2)cc1. The molecule has 1 N–H and O–H groups in total. The lowest BCUT2D eigenvalue weighted by Crippen LogP contribution is -2.45. The summed E-state index contributed by atoms with van der Waals surface area (Å²) in [6.45, 7) is 2.10. The van der Waals surface area contributed by atoms with Crippen LogP contribution in [0.2, 0.25) is 0 Å². The van der Waals surface area contributed by atoms with Crippen LogP contribution in [0.4, 0.5) is 13.2 Å². The highest BCUT2D eigenvalue weighted by Gasteiger charge is 2.28. The number of hydrogen-bond acceptors (Lipinski definition) is 4. The number of benzene rings is 1. The maximum Gasteiger partial charge on any atom is 0.422 e. The molecule has 1 saturated heterocycles. The van der Waals surface area contributed by atoms with Crippen LogP contribution < -0.4 is 10.1 Å². The molecule has 8 heteroatoms. The maximum atomic E-state index is 12.2. The molecule has 0 saturated carbocycles. The number of nitrogens with one attached hydrogen (secondary N) is 1. The number of aromatic nitrogens is 1. The molecular weight excluding hydrogens is 367 g/mol. The number of nitrogens with zero attached hydrogens (tertiary/aromatic N) is 2. The fourth-order valence-electron chi connectivity index (χ4n) is 2.93. The lowest BCUT2D eigenvalue weighted by molar-refractivity contribution is -0.153. The van der Waals surface area contributed by atoms with E-state index in [9.17, 15) is 13.2 Å². The zero-order valence-corrected chi connectivity index (χ0v) is 14.9. The summed E-state index contributed by atoms with van der Waals surface area (Å²) in [7, 11) is 0. The van der Waals surface area contributed by atoms with Crippen LogP contribution in [0.15, 0.2) is 48.8 Å². The van der Waals surface area contributed by atoms with Gasteiger partial charge in [0, 0.05) is 44.6 Å². The number of halogens is 4. The highest BCUT2D eigenvalue weighted by Crippen LogP contribution is 2.24. The second kappa shape index (κ2) is 9.21. The topological polar surface area (TPSA) is 37.4 Å². The van der Waals surface area contributed by atoms with Crippen LogP contribution >= 0.6 is 12.4 Å². The molecule has 1 aromatic heterocycles. The van der Waals surface area contributed by atoms with E-state index in [1.807, 2.05) is 24.4 Å². The third-order valence-electron chi connectivity index (χ3n) is 4.13. The summed E-state index contributed by atoms with van der Waals surface area (Å²) in [4.78, 5) is 6.54. The van der Waals surface area contributed by atoms with Crippen LogP contribution in [-0.2, 0) is 6.54 Å². The van der Waals surface area contributed by atoms with Gasteiger partial charge in [0.05, 0.1) is 0 Å². The van der Waals surface area contributed by atoms with Gasteiger partial charge in [-0.1, -0.05) is 18.2 Å². The number of alkyl halides is 3.